The molecule has 0 atom stereocenters. The van der Waals surface area contributed by atoms with Crippen LogP contribution in [0.2, 0.25) is 0 Å². The van der Waals surface area contributed by atoms with Gasteiger partial charge in [-0.15, -0.1) is 0 Å². The van der Waals surface area contributed by atoms with E-state index >= 15 is 0 Å². The number of hydrogen-bond donors (Lipinski definition) is 0. The molecule has 0 heterocycles. The Morgan fingerprint density at radius 2 is 1.27 bits per heavy atom. The molecule has 0 bridgehead atoms. The van der Waals surface area contributed by atoms with E-state index in [2.05, 4.69) is 171 Å². The lowest BCUT2D eigenvalue weighted by Gasteiger charge is -2.21. The van der Waals surface area contributed by atoms with Crippen LogP contribution < -0.4 is 10.4 Å². The lowest BCUT2D eigenvalue weighted by atomic mass is 9.82. The van der Waals surface area contributed by atoms with Gasteiger partial charge in [-0.3, -0.25) is 0 Å². The normalized spacial score (nSPS) is 14.2. The summed E-state index contributed by atoms with van der Waals surface area (Å²) in [5, 5.41) is 9.96. The van der Waals surface area contributed by atoms with E-state index in [0.717, 1.165) is 24.0 Å². The van der Waals surface area contributed by atoms with Crippen molar-refractivity contribution >= 4 is 56.1 Å². The third-order valence-electron chi connectivity index (χ3n) is 9.70. The van der Waals surface area contributed by atoms with Gasteiger partial charge in [-0.2, -0.15) is 0 Å². The lowest BCUT2D eigenvalue weighted by molar-refractivity contribution is 1.31. The molecule has 0 saturated heterocycles. The Labute approximate surface area is 282 Å². The predicted molar refractivity (Wildman–Crippen MR) is 210 cm³/mol. The van der Waals surface area contributed by atoms with E-state index in [-0.39, 0.29) is 0 Å². The first-order valence-electron chi connectivity index (χ1n) is 16.7. The highest BCUT2D eigenvalue weighted by Gasteiger charge is 2.20. The molecule has 7 aromatic rings. The van der Waals surface area contributed by atoms with Crippen molar-refractivity contribution in [1.82, 2.24) is 0 Å². The fraction of sp³-hybridized carbons (Fsp3) is 0.0417. The van der Waals surface area contributed by atoms with Gasteiger partial charge >= 0.3 is 0 Å². The molecule has 0 nitrogen and oxygen atoms in total. The summed E-state index contributed by atoms with van der Waals surface area (Å²) in [7, 11) is 0. The zero-order valence-corrected chi connectivity index (χ0v) is 27.0. The summed E-state index contributed by atoms with van der Waals surface area (Å²) in [6.07, 6.45) is 16.9. The van der Waals surface area contributed by atoms with Crippen molar-refractivity contribution in [2.75, 3.05) is 0 Å². The molecule has 0 spiro atoms. The Bertz CT molecular complexity index is 2580. The molecule has 228 valence electrons. The van der Waals surface area contributed by atoms with Crippen molar-refractivity contribution in [2.24, 2.45) is 0 Å². The van der Waals surface area contributed by atoms with Crippen molar-refractivity contribution in [2.45, 2.75) is 12.8 Å². The maximum Gasteiger partial charge on any atom is -0.00204 e. The third kappa shape index (κ3) is 5.22. The number of rotatable bonds is 6. The fourth-order valence-electron chi connectivity index (χ4n) is 7.43. The van der Waals surface area contributed by atoms with Crippen LogP contribution in [0.25, 0.3) is 78.4 Å². The highest BCUT2D eigenvalue weighted by Crippen LogP contribution is 2.45. The second kappa shape index (κ2) is 12.7. The Balaban J connectivity index is 1.28. The van der Waals surface area contributed by atoms with E-state index in [1.165, 1.54) is 76.1 Å². The van der Waals surface area contributed by atoms with Crippen LogP contribution >= 0.6 is 0 Å². The highest BCUT2D eigenvalue weighted by molar-refractivity contribution is 6.15. The van der Waals surface area contributed by atoms with Crippen LogP contribution in [0.1, 0.15) is 23.1 Å². The van der Waals surface area contributed by atoms with Crippen molar-refractivity contribution in [3.05, 3.63) is 192 Å². The molecular formula is C48H36. The van der Waals surface area contributed by atoms with Gasteiger partial charge in [0.15, 0.2) is 0 Å². The zero-order chi connectivity index (χ0) is 32.5. The van der Waals surface area contributed by atoms with Gasteiger partial charge in [0.05, 0.1) is 0 Å². The molecular weight excluding hydrogens is 577 g/mol. The van der Waals surface area contributed by atoms with Crippen molar-refractivity contribution in [3.8, 4) is 22.3 Å². The van der Waals surface area contributed by atoms with Crippen LogP contribution in [0.4, 0.5) is 0 Å². The zero-order valence-electron chi connectivity index (χ0n) is 27.0. The van der Waals surface area contributed by atoms with E-state index in [0.29, 0.717) is 0 Å². The average Bonchev–Trinajstić information content (AvgIpc) is 3.16. The SMILES string of the molecule is C=Cc1c(C=C)c(-c2cccc3ccccc23)c2ccccc2c1-c1ccc2ccc(C/C=c3/cccc/c3=C3\C=CC=CC3)cc2c1. The van der Waals surface area contributed by atoms with Gasteiger partial charge in [-0.05, 0) is 106 Å². The predicted octanol–water partition coefficient (Wildman–Crippen LogP) is 11.5. The molecule has 0 amide bonds. The van der Waals surface area contributed by atoms with Crippen molar-refractivity contribution in [1.29, 1.82) is 0 Å². The molecule has 0 fully saturated rings. The average molecular weight is 613 g/mol. The van der Waals surface area contributed by atoms with Crippen LogP contribution in [-0.2, 0) is 6.42 Å². The van der Waals surface area contributed by atoms with E-state index in [4.69, 9.17) is 0 Å². The second-order valence-electron chi connectivity index (χ2n) is 12.5. The third-order valence-corrected chi connectivity index (χ3v) is 9.70. The van der Waals surface area contributed by atoms with Gasteiger partial charge in [0.2, 0.25) is 0 Å². The van der Waals surface area contributed by atoms with Crippen LogP contribution in [0, 0.1) is 0 Å². The molecule has 1 aliphatic carbocycles. The van der Waals surface area contributed by atoms with Crippen molar-refractivity contribution in [3.63, 3.8) is 0 Å². The quantitative estimate of drug-likeness (QED) is 0.175. The molecule has 7 aromatic carbocycles. The summed E-state index contributed by atoms with van der Waals surface area (Å²) in [6.45, 7) is 8.67. The molecule has 0 heteroatoms. The molecule has 0 saturated carbocycles. The molecule has 1 aliphatic rings. The minimum atomic E-state index is 0.866. The summed E-state index contributed by atoms with van der Waals surface area (Å²) < 4.78 is 0. The summed E-state index contributed by atoms with van der Waals surface area (Å²) in [6, 6.07) is 46.4. The molecule has 48 heavy (non-hydrogen) atoms. The van der Waals surface area contributed by atoms with E-state index < -0.39 is 0 Å². The monoisotopic (exact) mass is 612 g/mol. The number of hydrogen-bond acceptors (Lipinski definition) is 0. The molecule has 0 N–H and O–H groups in total. The second-order valence-corrected chi connectivity index (χ2v) is 12.5. The van der Waals surface area contributed by atoms with Gasteiger partial charge in [-0.25, -0.2) is 0 Å². The summed E-state index contributed by atoms with van der Waals surface area (Å²) in [4.78, 5) is 0. The minimum Gasteiger partial charge on any atom is -0.0984 e. The van der Waals surface area contributed by atoms with E-state index in [1.807, 2.05) is 12.2 Å². The molecule has 0 radical (unpaired) electrons. The van der Waals surface area contributed by atoms with E-state index in [9.17, 15) is 0 Å². The van der Waals surface area contributed by atoms with Crippen molar-refractivity contribution < 1.29 is 0 Å². The van der Waals surface area contributed by atoms with E-state index in [1.54, 1.807) is 0 Å². The van der Waals surface area contributed by atoms with Gasteiger partial charge < -0.3 is 0 Å². The largest absolute Gasteiger partial charge is 0.0984 e. The Morgan fingerprint density at radius 1 is 0.562 bits per heavy atom. The maximum atomic E-state index is 4.34. The van der Waals surface area contributed by atoms with Gasteiger partial charge in [0.25, 0.3) is 0 Å². The van der Waals surface area contributed by atoms with Crippen LogP contribution in [0.5, 0.6) is 0 Å². The number of fused-ring (bicyclic) bond motifs is 3. The molecule has 0 aliphatic heterocycles. The van der Waals surface area contributed by atoms with Gasteiger partial charge in [0.1, 0.15) is 0 Å². The van der Waals surface area contributed by atoms with Gasteiger partial charge in [0, 0.05) is 0 Å². The fourth-order valence-corrected chi connectivity index (χ4v) is 7.43. The van der Waals surface area contributed by atoms with Crippen LogP contribution in [0.3, 0.4) is 0 Å². The number of benzene rings is 7. The van der Waals surface area contributed by atoms with Crippen LogP contribution in [-0.4, -0.2) is 0 Å². The summed E-state index contributed by atoms with van der Waals surface area (Å²) in [5.74, 6) is 0. The Hall–Kier alpha value is -5.98. The molecule has 8 rings (SSSR count). The Morgan fingerprint density at radius 3 is 2.08 bits per heavy atom. The van der Waals surface area contributed by atoms with Gasteiger partial charge in [-0.1, -0.05) is 177 Å². The van der Waals surface area contributed by atoms with Crippen LogP contribution in [0.15, 0.2) is 165 Å². The lowest BCUT2D eigenvalue weighted by Crippen LogP contribution is -2.26. The summed E-state index contributed by atoms with van der Waals surface area (Å²) in [5.41, 5.74) is 9.67. The Kier molecular flexibility index (Phi) is 7.76. The maximum absolute atomic E-state index is 4.34. The highest BCUT2D eigenvalue weighted by atomic mass is 14.2. The first kappa shape index (κ1) is 29.4. The first-order valence-corrected chi connectivity index (χ1v) is 16.7. The smallest absolute Gasteiger partial charge is 0.00204 e. The first-order chi connectivity index (χ1) is 23.7. The number of allylic oxidation sites excluding steroid dienone is 4. The topological polar surface area (TPSA) is 0 Å². The summed E-state index contributed by atoms with van der Waals surface area (Å²) >= 11 is 0. The minimum absolute atomic E-state index is 0.866. The molecule has 0 aromatic heterocycles. The molecule has 0 unspecified atom stereocenters. The standard InChI is InChI=1S/C48H36/c1-3-40-41(4-2)48(44-24-14-19-36-17-9-11-21-43(36)44)46-23-13-12-22-45(46)47(40)38-30-29-34-27-25-33(31-39(34)32-38)26-28-37-18-8-10-20-42(37)35-15-6-5-7-16-35/h3-15,17-25,27-32H,1-2,16,26H2/b37-28-,42-35-.